The Balaban J connectivity index is 1.54. The molecule has 11 heteroatoms. The van der Waals surface area contributed by atoms with Gasteiger partial charge in [-0.05, 0) is 25.0 Å². The highest BCUT2D eigenvalue weighted by molar-refractivity contribution is 5.78. The molecule has 0 saturated heterocycles. The van der Waals surface area contributed by atoms with Gasteiger partial charge < -0.3 is 20.1 Å². The summed E-state index contributed by atoms with van der Waals surface area (Å²) in [5.74, 6) is 1.51. The molecule has 0 unspecified atom stereocenters. The van der Waals surface area contributed by atoms with Crippen LogP contribution in [0.3, 0.4) is 0 Å². The molecule has 0 radical (unpaired) electrons. The molecule has 0 bridgehead atoms. The molecule has 0 amide bonds. The zero-order valence-electron chi connectivity index (χ0n) is 20.5. The van der Waals surface area contributed by atoms with Crippen molar-refractivity contribution in [2.45, 2.75) is 26.3 Å². The van der Waals surface area contributed by atoms with Crippen LogP contribution in [0.15, 0.2) is 54.0 Å². The second-order valence-corrected chi connectivity index (χ2v) is 7.98. The van der Waals surface area contributed by atoms with Crippen molar-refractivity contribution >= 4 is 22.8 Å². The molecule has 0 atom stereocenters. The third-order valence-corrected chi connectivity index (χ3v) is 5.41. The van der Waals surface area contributed by atoms with E-state index < -0.39 is 0 Å². The summed E-state index contributed by atoms with van der Waals surface area (Å²) < 4.78 is 12.5. The maximum absolute atomic E-state index is 13.4. The van der Waals surface area contributed by atoms with Crippen LogP contribution in [0.4, 0.5) is 11.6 Å². The van der Waals surface area contributed by atoms with Gasteiger partial charge in [-0.2, -0.15) is 0 Å². The van der Waals surface area contributed by atoms with E-state index in [1.807, 2.05) is 19.1 Å². The fraction of sp³-hybridized carbons (Fsp3) is 0.360. The van der Waals surface area contributed by atoms with E-state index in [1.165, 1.54) is 0 Å². The summed E-state index contributed by atoms with van der Waals surface area (Å²) in [6.45, 7) is 4.74. The summed E-state index contributed by atoms with van der Waals surface area (Å²) >= 11 is 0. The van der Waals surface area contributed by atoms with Crippen molar-refractivity contribution in [1.29, 1.82) is 0 Å². The molecular formula is C25H30N8O3. The molecule has 4 heterocycles. The summed E-state index contributed by atoms with van der Waals surface area (Å²) in [6.07, 6.45) is 10.0. The van der Waals surface area contributed by atoms with Crippen LogP contribution in [0, 0.1) is 0 Å². The smallest absolute Gasteiger partial charge is 0.293 e. The van der Waals surface area contributed by atoms with Gasteiger partial charge in [0.1, 0.15) is 5.82 Å². The van der Waals surface area contributed by atoms with E-state index in [4.69, 9.17) is 9.47 Å². The number of nitrogens with zero attached hydrogens (tertiary/aromatic N) is 6. The van der Waals surface area contributed by atoms with Crippen molar-refractivity contribution in [3.05, 3.63) is 59.5 Å². The Morgan fingerprint density at radius 3 is 2.58 bits per heavy atom. The van der Waals surface area contributed by atoms with Gasteiger partial charge in [-0.1, -0.05) is 6.92 Å². The van der Waals surface area contributed by atoms with Gasteiger partial charge in [-0.25, -0.2) is 19.9 Å². The topological polar surface area (TPSA) is 129 Å². The lowest BCUT2D eigenvalue weighted by atomic mass is 10.1. The second-order valence-electron chi connectivity index (χ2n) is 7.98. The number of rotatable bonds is 13. The quantitative estimate of drug-likeness (QED) is 0.270. The van der Waals surface area contributed by atoms with Crippen molar-refractivity contribution in [3.8, 4) is 17.0 Å². The first-order valence-electron chi connectivity index (χ1n) is 11.9. The summed E-state index contributed by atoms with van der Waals surface area (Å²) in [5, 5.41) is 6.36. The summed E-state index contributed by atoms with van der Waals surface area (Å²) in [7, 11) is 1.57. The monoisotopic (exact) mass is 490 g/mol. The Morgan fingerprint density at radius 2 is 1.83 bits per heavy atom. The van der Waals surface area contributed by atoms with Crippen molar-refractivity contribution in [1.82, 2.24) is 29.5 Å². The van der Waals surface area contributed by atoms with Gasteiger partial charge >= 0.3 is 0 Å². The first-order chi connectivity index (χ1) is 17.7. The van der Waals surface area contributed by atoms with Crippen molar-refractivity contribution in [2.75, 3.05) is 44.0 Å². The number of hydrogen-bond donors (Lipinski definition) is 2. The van der Waals surface area contributed by atoms with Crippen molar-refractivity contribution in [2.24, 2.45) is 0 Å². The predicted octanol–water partition coefficient (Wildman–Crippen LogP) is 2.99. The standard InChI is InChI=1S/C25H30N8O3/c1-3-12-36-13-11-33-20-14-19(18-5-6-22(35-2)30-15-18)16-31-23(20)32-24(25(33)34)29-8-4-7-27-21-17-26-9-10-28-21/h5-6,9-10,14-17H,3-4,7-8,11-13H2,1-2H3,(H,27,28)(H,29,31,32). The number of anilines is 2. The molecule has 4 aromatic heterocycles. The molecular weight excluding hydrogens is 460 g/mol. The average molecular weight is 491 g/mol. The maximum atomic E-state index is 13.4. The minimum absolute atomic E-state index is 0.212. The SMILES string of the molecule is CCCOCCn1c(=O)c(NCCCNc2cnccn2)nc2ncc(-c3ccc(OC)nc3)cc21. The molecule has 4 aromatic rings. The molecule has 4 rings (SSSR count). The minimum atomic E-state index is -0.212. The molecule has 0 aliphatic heterocycles. The lowest BCUT2D eigenvalue weighted by molar-refractivity contribution is 0.127. The Bertz CT molecular complexity index is 1310. The van der Waals surface area contributed by atoms with Crippen LogP contribution in [-0.2, 0) is 11.3 Å². The maximum Gasteiger partial charge on any atom is 0.293 e. The Morgan fingerprint density at radius 1 is 0.972 bits per heavy atom. The number of ether oxygens (including phenoxy) is 2. The summed E-state index contributed by atoms with van der Waals surface area (Å²) in [6, 6.07) is 5.60. The van der Waals surface area contributed by atoms with E-state index in [1.54, 1.807) is 48.7 Å². The lowest BCUT2D eigenvalue weighted by Crippen LogP contribution is -2.28. The van der Waals surface area contributed by atoms with Gasteiger partial charge in [-0.3, -0.25) is 14.3 Å². The molecule has 0 fully saturated rings. The first kappa shape index (κ1) is 25.0. The lowest BCUT2D eigenvalue weighted by Gasteiger charge is -2.14. The highest BCUT2D eigenvalue weighted by atomic mass is 16.5. The zero-order valence-corrected chi connectivity index (χ0v) is 20.5. The number of methoxy groups -OCH3 is 1. The normalized spacial score (nSPS) is 10.9. The van der Waals surface area contributed by atoms with Gasteiger partial charge in [0.15, 0.2) is 11.5 Å². The fourth-order valence-electron chi connectivity index (χ4n) is 3.59. The predicted molar refractivity (Wildman–Crippen MR) is 138 cm³/mol. The molecule has 188 valence electrons. The largest absolute Gasteiger partial charge is 0.481 e. The van der Waals surface area contributed by atoms with E-state index in [0.29, 0.717) is 55.7 Å². The van der Waals surface area contributed by atoms with Gasteiger partial charge in [0.05, 0.1) is 25.4 Å². The van der Waals surface area contributed by atoms with E-state index in [2.05, 4.69) is 35.6 Å². The number of hydrogen-bond acceptors (Lipinski definition) is 10. The third kappa shape index (κ3) is 6.30. The van der Waals surface area contributed by atoms with Crippen LogP contribution in [0.2, 0.25) is 0 Å². The first-order valence-corrected chi connectivity index (χ1v) is 11.9. The Kier molecular flexibility index (Phi) is 8.71. The molecule has 0 spiro atoms. The molecule has 0 aliphatic rings. The molecule has 0 aromatic carbocycles. The van der Waals surface area contributed by atoms with Crippen LogP contribution in [0.25, 0.3) is 22.3 Å². The summed E-state index contributed by atoms with van der Waals surface area (Å²) in [4.78, 5) is 34.9. The highest BCUT2D eigenvalue weighted by Gasteiger charge is 2.13. The third-order valence-electron chi connectivity index (χ3n) is 5.41. The average Bonchev–Trinajstić information content (AvgIpc) is 2.92. The van der Waals surface area contributed by atoms with Crippen LogP contribution in [-0.4, -0.2) is 62.9 Å². The number of pyridine rings is 2. The van der Waals surface area contributed by atoms with Crippen LogP contribution in [0.5, 0.6) is 5.88 Å². The number of nitrogens with one attached hydrogen (secondary N) is 2. The minimum Gasteiger partial charge on any atom is -0.481 e. The second kappa shape index (κ2) is 12.5. The fourth-order valence-corrected chi connectivity index (χ4v) is 3.59. The van der Waals surface area contributed by atoms with E-state index >= 15 is 0 Å². The van der Waals surface area contributed by atoms with Gasteiger partial charge in [0.2, 0.25) is 5.88 Å². The molecule has 0 saturated carbocycles. The Hall–Kier alpha value is -4.12. The Labute approximate surface area is 209 Å². The molecule has 2 N–H and O–H groups in total. The van der Waals surface area contributed by atoms with Crippen molar-refractivity contribution < 1.29 is 9.47 Å². The number of fused-ring (bicyclic) bond motifs is 1. The molecule has 0 aliphatic carbocycles. The van der Waals surface area contributed by atoms with E-state index in [-0.39, 0.29) is 11.4 Å². The summed E-state index contributed by atoms with van der Waals surface area (Å²) in [5.41, 5.74) is 2.61. The highest BCUT2D eigenvalue weighted by Crippen LogP contribution is 2.23. The van der Waals surface area contributed by atoms with Gasteiger partial charge in [0, 0.05) is 68.2 Å². The number of aromatic nitrogens is 6. The van der Waals surface area contributed by atoms with Crippen LogP contribution >= 0.6 is 0 Å². The van der Waals surface area contributed by atoms with Gasteiger partial charge in [-0.15, -0.1) is 0 Å². The van der Waals surface area contributed by atoms with Crippen molar-refractivity contribution in [3.63, 3.8) is 0 Å². The van der Waals surface area contributed by atoms with Crippen LogP contribution < -0.4 is 20.9 Å². The van der Waals surface area contributed by atoms with Gasteiger partial charge in [0.25, 0.3) is 5.56 Å². The molecule has 36 heavy (non-hydrogen) atoms. The van der Waals surface area contributed by atoms with Crippen LogP contribution in [0.1, 0.15) is 19.8 Å². The van der Waals surface area contributed by atoms with E-state index in [0.717, 1.165) is 24.0 Å². The molecule has 11 nitrogen and oxygen atoms in total. The van der Waals surface area contributed by atoms with E-state index in [9.17, 15) is 4.79 Å². The zero-order chi connectivity index (χ0) is 25.2.